The second-order valence-electron chi connectivity index (χ2n) is 6.49. The van der Waals surface area contributed by atoms with Gasteiger partial charge in [-0.05, 0) is 30.3 Å². The van der Waals surface area contributed by atoms with E-state index in [0.29, 0.717) is 11.5 Å². The first-order chi connectivity index (χ1) is 15.0. The van der Waals surface area contributed by atoms with Crippen molar-refractivity contribution in [3.05, 3.63) is 82.1 Å². The van der Waals surface area contributed by atoms with Gasteiger partial charge in [-0.3, -0.25) is 14.9 Å². The number of ether oxygens (including phenoxy) is 3. The zero-order valence-electron chi connectivity index (χ0n) is 16.0. The number of hydrogen-bond acceptors (Lipinski definition) is 8. The summed E-state index contributed by atoms with van der Waals surface area (Å²) in [5.74, 6) is -1.06. The number of nitrogens with zero attached hydrogens (tertiary/aromatic N) is 1. The molecule has 31 heavy (non-hydrogen) atoms. The highest BCUT2D eigenvalue weighted by Gasteiger charge is 2.24. The molecule has 0 radical (unpaired) electrons. The summed E-state index contributed by atoms with van der Waals surface area (Å²) >= 11 is 0. The van der Waals surface area contributed by atoms with Gasteiger partial charge in [0.15, 0.2) is 23.4 Å². The van der Waals surface area contributed by atoms with Crippen LogP contribution in [-0.4, -0.2) is 36.1 Å². The molecule has 1 unspecified atom stereocenters. The molecule has 1 aliphatic heterocycles. The molecule has 1 amide bonds. The van der Waals surface area contributed by atoms with E-state index in [1.54, 1.807) is 24.3 Å². The second-order valence-corrected chi connectivity index (χ2v) is 6.49. The highest BCUT2D eigenvalue weighted by atomic mass is 16.6. The van der Waals surface area contributed by atoms with Gasteiger partial charge in [-0.1, -0.05) is 24.3 Å². The van der Waals surface area contributed by atoms with Crippen molar-refractivity contribution in [3.8, 4) is 11.5 Å². The van der Waals surface area contributed by atoms with Crippen LogP contribution >= 0.6 is 0 Å². The molecule has 2 aromatic carbocycles. The van der Waals surface area contributed by atoms with Gasteiger partial charge < -0.3 is 23.9 Å². The fourth-order valence-electron chi connectivity index (χ4n) is 2.89. The number of rotatable bonds is 6. The average molecular weight is 424 g/mol. The first-order valence-corrected chi connectivity index (χ1v) is 9.21. The molecule has 10 heteroatoms. The number of nitrogens with one attached hydrogen (secondary N) is 1. The normalized spacial score (nSPS) is 14.5. The Morgan fingerprint density at radius 3 is 2.58 bits per heavy atom. The van der Waals surface area contributed by atoms with Gasteiger partial charge in [0, 0.05) is 0 Å². The Bertz CT molecular complexity index is 1140. The molecule has 1 aliphatic rings. The van der Waals surface area contributed by atoms with Crippen molar-refractivity contribution in [3.63, 3.8) is 0 Å². The number of fused-ring (bicyclic) bond motifs is 1. The molecule has 1 N–H and O–H groups in total. The lowest BCUT2D eigenvalue weighted by molar-refractivity contribution is -0.402. The lowest BCUT2D eigenvalue weighted by atomic mass is 10.1. The number of furan rings is 1. The van der Waals surface area contributed by atoms with Crippen molar-refractivity contribution in [2.45, 2.75) is 6.10 Å². The third-order valence-electron chi connectivity index (χ3n) is 4.36. The Balaban J connectivity index is 1.40. The van der Waals surface area contributed by atoms with E-state index in [4.69, 9.17) is 18.6 Å². The lowest BCUT2D eigenvalue weighted by Gasteiger charge is -2.26. The van der Waals surface area contributed by atoms with Crippen molar-refractivity contribution in [2.75, 3.05) is 18.5 Å². The van der Waals surface area contributed by atoms with Crippen LogP contribution in [0, 0.1) is 10.1 Å². The molecule has 0 fully saturated rings. The minimum Gasteiger partial charge on any atom is -0.486 e. The Kier molecular flexibility index (Phi) is 5.52. The molecule has 2 heterocycles. The van der Waals surface area contributed by atoms with E-state index >= 15 is 0 Å². The topological polar surface area (TPSA) is 130 Å². The number of nitro groups is 1. The number of anilines is 1. The minimum absolute atomic E-state index is 0.0557. The third kappa shape index (κ3) is 4.47. The maximum Gasteiger partial charge on any atom is 0.433 e. The van der Waals surface area contributed by atoms with Crippen molar-refractivity contribution in [1.82, 2.24) is 0 Å². The average Bonchev–Trinajstić information content (AvgIpc) is 3.29. The minimum atomic E-state index is -0.752. The monoisotopic (exact) mass is 424 g/mol. The second kappa shape index (κ2) is 8.57. The van der Waals surface area contributed by atoms with Gasteiger partial charge in [0.25, 0.3) is 5.91 Å². The van der Waals surface area contributed by atoms with E-state index in [0.717, 1.165) is 6.07 Å². The fraction of sp³-hybridized carbons (Fsp3) is 0.143. The molecule has 158 valence electrons. The largest absolute Gasteiger partial charge is 0.486 e. The van der Waals surface area contributed by atoms with Crippen LogP contribution in [0.15, 0.2) is 65.1 Å². The molecule has 0 aliphatic carbocycles. The van der Waals surface area contributed by atoms with Gasteiger partial charge in [-0.25, -0.2) is 4.79 Å². The molecule has 0 saturated carbocycles. The van der Waals surface area contributed by atoms with Crippen LogP contribution in [-0.2, 0) is 4.74 Å². The predicted octanol–water partition coefficient (Wildman–Crippen LogP) is 3.44. The smallest absolute Gasteiger partial charge is 0.433 e. The molecule has 4 rings (SSSR count). The zero-order valence-corrected chi connectivity index (χ0v) is 16.0. The van der Waals surface area contributed by atoms with Crippen molar-refractivity contribution < 1.29 is 33.1 Å². The predicted molar refractivity (Wildman–Crippen MR) is 106 cm³/mol. The van der Waals surface area contributed by atoms with Gasteiger partial charge in [0.05, 0.1) is 17.3 Å². The van der Waals surface area contributed by atoms with Crippen molar-refractivity contribution in [2.24, 2.45) is 0 Å². The van der Waals surface area contributed by atoms with Crippen LogP contribution in [0.25, 0.3) is 0 Å². The molecule has 0 spiro atoms. The summed E-state index contributed by atoms with van der Waals surface area (Å²) in [4.78, 5) is 34.9. The summed E-state index contributed by atoms with van der Waals surface area (Å²) in [5.41, 5.74) is 0.275. The Hall–Kier alpha value is -4.34. The van der Waals surface area contributed by atoms with E-state index < -0.39 is 28.8 Å². The van der Waals surface area contributed by atoms with Crippen LogP contribution in [0.4, 0.5) is 11.6 Å². The number of benzene rings is 2. The van der Waals surface area contributed by atoms with Crippen LogP contribution in [0.5, 0.6) is 11.5 Å². The standard InChI is InChI=1S/C21H16N2O8/c24-20(18-9-10-19(31-18)23(26)27)22-15-6-2-1-5-14(15)21(25)29-12-13-11-28-16-7-3-4-8-17(16)30-13/h1-10,13H,11-12H2,(H,22,24). The van der Waals surface area contributed by atoms with Crippen molar-refractivity contribution in [1.29, 1.82) is 0 Å². The van der Waals surface area contributed by atoms with Crippen LogP contribution in [0.1, 0.15) is 20.9 Å². The van der Waals surface area contributed by atoms with E-state index in [-0.39, 0.29) is 30.2 Å². The Morgan fingerprint density at radius 2 is 1.81 bits per heavy atom. The Morgan fingerprint density at radius 1 is 1.06 bits per heavy atom. The van der Waals surface area contributed by atoms with E-state index in [2.05, 4.69) is 5.32 Å². The number of carbonyl (C=O) groups is 2. The Labute approximate surface area is 175 Å². The molecule has 0 bridgehead atoms. The van der Waals surface area contributed by atoms with E-state index in [9.17, 15) is 19.7 Å². The highest BCUT2D eigenvalue weighted by Crippen LogP contribution is 2.31. The van der Waals surface area contributed by atoms with Gasteiger partial charge in [-0.2, -0.15) is 0 Å². The van der Waals surface area contributed by atoms with Gasteiger partial charge >= 0.3 is 11.9 Å². The first kappa shape index (κ1) is 20.0. The lowest BCUT2D eigenvalue weighted by Crippen LogP contribution is -2.34. The fourth-order valence-corrected chi connectivity index (χ4v) is 2.89. The van der Waals surface area contributed by atoms with Crippen molar-refractivity contribution >= 4 is 23.4 Å². The summed E-state index contributed by atoms with van der Waals surface area (Å²) in [6.45, 7) is 0.166. The number of esters is 1. The number of carbonyl (C=O) groups excluding carboxylic acids is 2. The van der Waals surface area contributed by atoms with E-state index in [1.165, 1.54) is 18.2 Å². The highest BCUT2D eigenvalue weighted by molar-refractivity contribution is 6.06. The molecule has 3 aromatic rings. The number of para-hydroxylation sites is 3. The first-order valence-electron chi connectivity index (χ1n) is 9.21. The van der Waals surface area contributed by atoms with Crippen LogP contribution < -0.4 is 14.8 Å². The van der Waals surface area contributed by atoms with Gasteiger partial charge in [0.2, 0.25) is 0 Å². The molecule has 10 nitrogen and oxygen atoms in total. The molecule has 1 aromatic heterocycles. The van der Waals surface area contributed by atoms with Crippen LogP contribution in [0.3, 0.4) is 0 Å². The molecular formula is C21H16N2O8. The zero-order chi connectivity index (χ0) is 21.8. The van der Waals surface area contributed by atoms with Gasteiger partial charge in [-0.15, -0.1) is 0 Å². The summed E-state index contributed by atoms with van der Waals surface area (Å²) < 4.78 is 21.6. The summed E-state index contributed by atoms with van der Waals surface area (Å²) in [5, 5.41) is 13.2. The molecular weight excluding hydrogens is 408 g/mol. The maximum absolute atomic E-state index is 12.6. The maximum atomic E-state index is 12.6. The molecule has 0 saturated heterocycles. The summed E-state index contributed by atoms with van der Waals surface area (Å²) in [6, 6.07) is 15.6. The number of amides is 1. The number of hydrogen-bond donors (Lipinski definition) is 1. The molecule has 1 atom stereocenters. The SMILES string of the molecule is O=C(Nc1ccccc1C(=O)OCC1COc2ccccc2O1)c1ccc([N+](=O)[O-])o1. The van der Waals surface area contributed by atoms with E-state index in [1.807, 2.05) is 12.1 Å². The summed E-state index contributed by atoms with van der Waals surface area (Å²) in [7, 11) is 0. The van der Waals surface area contributed by atoms with Crippen LogP contribution in [0.2, 0.25) is 0 Å². The third-order valence-corrected chi connectivity index (χ3v) is 4.36. The quantitative estimate of drug-likeness (QED) is 0.362. The summed E-state index contributed by atoms with van der Waals surface area (Å²) in [6.07, 6.45) is -0.482. The van der Waals surface area contributed by atoms with Gasteiger partial charge in [0.1, 0.15) is 18.1 Å².